The van der Waals surface area contributed by atoms with Crippen molar-refractivity contribution in [1.29, 1.82) is 0 Å². The maximum Gasteiger partial charge on any atom is 0.249 e. The fourth-order valence-electron chi connectivity index (χ4n) is 1.34. The van der Waals surface area contributed by atoms with E-state index in [1.54, 1.807) is 0 Å². The van der Waals surface area contributed by atoms with E-state index in [9.17, 15) is 0 Å². The number of nitrogens with zero attached hydrogens (tertiary/aromatic N) is 1. The van der Waals surface area contributed by atoms with E-state index in [0.717, 1.165) is 0 Å². The summed E-state index contributed by atoms with van der Waals surface area (Å²) in [6, 6.07) is 0. The molecule has 0 rings (SSSR count). The van der Waals surface area contributed by atoms with Gasteiger partial charge in [0.25, 0.3) is 0 Å². The molecule has 0 unspecified atom stereocenters. The summed E-state index contributed by atoms with van der Waals surface area (Å²) in [6.07, 6.45) is -2.08. The molecule has 0 amide bonds. The molecule has 0 saturated heterocycles. The molecule has 0 aliphatic carbocycles. The fraction of sp³-hybridized carbons (Fsp3) is 0.889. The van der Waals surface area contributed by atoms with E-state index in [1.165, 1.54) is 30.7 Å². The normalized spacial score (nSPS) is 9.43. The molecule has 5 nitrogen and oxygen atoms in total. The third-order valence-corrected chi connectivity index (χ3v) is 2.68. The highest BCUT2D eigenvalue weighted by atomic mass is 16.6. The molecule has 88 valence electrons. The Morgan fingerprint density at radius 1 is 1.07 bits per heavy atom. The first kappa shape index (κ1) is 18.9. The Bertz CT molecular complexity index is 113. The number of quaternary nitrogens is 1. The molecule has 0 radical (unpaired) electrons. The van der Waals surface area contributed by atoms with Crippen molar-refractivity contribution in [2.45, 2.75) is 27.7 Å². The summed E-state index contributed by atoms with van der Waals surface area (Å²) in [5.41, 5.74) is 0. The minimum atomic E-state index is -2.08. The van der Waals surface area contributed by atoms with E-state index in [2.05, 4.69) is 27.7 Å². The van der Waals surface area contributed by atoms with Gasteiger partial charge in [0, 0.05) is 0 Å². The van der Waals surface area contributed by atoms with Crippen LogP contribution >= 0.6 is 0 Å². The Hall–Kier alpha value is -0.810. The van der Waals surface area contributed by atoms with E-state index >= 15 is 0 Å². The van der Waals surface area contributed by atoms with Crippen molar-refractivity contribution in [3.8, 4) is 0 Å². The highest BCUT2D eigenvalue weighted by Crippen LogP contribution is 2.03. The maximum atomic E-state index is 8.44. The third kappa shape index (κ3) is 9.28. The van der Waals surface area contributed by atoms with Crippen LogP contribution in [0.5, 0.6) is 0 Å². The van der Waals surface area contributed by atoms with Gasteiger partial charge in [0.15, 0.2) is 0 Å². The van der Waals surface area contributed by atoms with Crippen LogP contribution in [0.4, 0.5) is 4.79 Å². The summed E-state index contributed by atoms with van der Waals surface area (Å²) in [4.78, 5) is 8.44. The van der Waals surface area contributed by atoms with Gasteiger partial charge in [-0.1, -0.05) is 0 Å². The van der Waals surface area contributed by atoms with Crippen LogP contribution in [-0.4, -0.2) is 47.4 Å². The molecule has 0 fully saturated rings. The van der Waals surface area contributed by atoms with Crippen molar-refractivity contribution < 1.29 is 25.0 Å². The number of carbonyl (C=O) groups is 1. The molecule has 0 aromatic heterocycles. The molecule has 0 atom stereocenters. The van der Waals surface area contributed by atoms with Crippen LogP contribution in [0.25, 0.3) is 0 Å². The Kier molecular flexibility index (Phi) is 13.8. The lowest BCUT2D eigenvalue weighted by Gasteiger charge is -2.34. The molecular formula is C9H23NO4. The molecule has 14 heavy (non-hydrogen) atoms. The zero-order chi connectivity index (χ0) is 10.9. The van der Waals surface area contributed by atoms with Crippen molar-refractivity contribution in [3.05, 3.63) is 0 Å². The van der Waals surface area contributed by atoms with E-state index in [-0.39, 0.29) is 5.48 Å². The highest BCUT2D eigenvalue weighted by Gasteiger charge is 2.16. The van der Waals surface area contributed by atoms with Gasteiger partial charge in [0.05, 0.1) is 26.2 Å². The summed E-state index contributed by atoms with van der Waals surface area (Å²) in [7, 11) is 0. The second-order valence-electron chi connectivity index (χ2n) is 2.87. The summed E-state index contributed by atoms with van der Waals surface area (Å²) < 4.78 is 1.28. The van der Waals surface area contributed by atoms with Crippen molar-refractivity contribution in [2.24, 2.45) is 0 Å². The second kappa shape index (κ2) is 10.3. The van der Waals surface area contributed by atoms with Crippen LogP contribution in [0.1, 0.15) is 27.7 Å². The SMILES string of the molecule is CC[N+](CC)(CC)CC.O.O=C([O-])O. The van der Waals surface area contributed by atoms with Gasteiger partial charge in [-0.15, -0.1) is 0 Å². The molecular weight excluding hydrogens is 186 g/mol. The van der Waals surface area contributed by atoms with Gasteiger partial charge >= 0.3 is 0 Å². The minimum absolute atomic E-state index is 0. The molecule has 0 heterocycles. The van der Waals surface area contributed by atoms with Crippen LogP contribution in [0, 0.1) is 0 Å². The van der Waals surface area contributed by atoms with Crippen LogP contribution in [0.15, 0.2) is 0 Å². The molecule has 0 aromatic rings. The van der Waals surface area contributed by atoms with Gasteiger partial charge in [0.2, 0.25) is 6.16 Å². The van der Waals surface area contributed by atoms with Gasteiger partial charge in [-0.2, -0.15) is 0 Å². The minimum Gasteiger partial charge on any atom is -0.565 e. The molecule has 0 aliphatic heterocycles. The van der Waals surface area contributed by atoms with Gasteiger partial charge in [0.1, 0.15) is 0 Å². The molecule has 0 spiro atoms. The zero-order valence-corrected chi connectivity index (χ0v) is 9.54. The molecule has 0 aromatic carbocycles. The molecule has 0 aliphatic rings. The number of hydrogen-bond donors (Lipinski definition) is 1. The monoisotopic (exact) mass is 209 g/mol. The van der Waals surface area contributed by atoms with Crippen molar-refractivity contribution in [2.75, 3.05) is 26.2 Å². The Balaban J connectivity index is -0.000000209. The van der Waals surface area contributed by atoms with Gasteiger partial charge in [-0.3, -0.25) is 0 Å². The van der Waals surface area contributed by atoms with E-state index in [0.29, 0.717) is 0 Å². The largest absolute Gasteiger partial charge is 0.565 e. The van der Waals surface area contributed by atoms with E-state index in [4.69, 9.17) is 15.0 Å². The predicted molar refractivity (Wildman–Crippen MR) is 54.1 cm³/mol. The smallest absolute Gasteiger partial charge is 0.249 e. The Labute approximate surface area is 85.9 Å². The predicted octanol–water partition coefficient (Wildman–Crippen LogP) is -0.0542. The van der Waals surface area contributed by atoms with E-state index in [1.807, 2.05) is 0 Å². The average molecular weight is 209 g/mol. The lowest BCUT2D eigenvalue weighted by atomic mass is 10.3. The second-order valence-corrected chi connectivity index (χ2v) is 2.87. The summed E-state index contributed by atoms with van der Waals surface area (Å²) in [6.45, 7) is 14.2. The van der Waals surface area contributed by atoms with Crippen molar-refractivity contribution >= 4 is 6.16 Å². The van der Waals surface area contributed by atoms with Gasteiger partial charge < -0.3 is 25.0 Å². The summed E-state index contributed by atoms with van der Waals surface area (Å²) in [5.74, 6) is 0. The van der Waals surface area contributed by atoms with Crippen LogP contribution in [0.2, 0.25) is 0 Å². The van der Waals surface area contributed by atoms with Gasteiger partial charge in [-0.25, -0.2) is 0 Å². The lowest BCUT2D eigenvalue weighted by molar-refractivity contribution is -0.921. The average Bonchev–Trinajstić information content (AvgIpc) is 2.09. The molecule has 3 N–H and O–H groups in total. The Morgan fingerprint density at radius 2 is 1.21 bits per heavy atom. The first-order valence-electron chi connectivity index (χ1n) is 4.73. The Morgan fingerprint density at radius 3 is 1.21 bits per heavy atom. The topological polar surface area (TPSA) is 91.9 Å². The number of hydrogen-bond acceptors (Lipinski definition) is 2. The van der Waals surface area contributed by atoms with Crippen LogP contribution in [-0.2, 0) is 0 Å². The quantitative estimate of drug-likeness (QED) is 0.658. The standard InChI is InChI=1S/C8H20N.CH2O3.H2O/c1-5-9(6-2,7-3)8-4;2-1(3)4;/h5-8H2,1-4H3;(H2,2,3,4);1H2/q+1;;/p-1. The summed E-state index contributed by atoms with van der Waals surface area (Å²) in [5, 5.41) is 15.3. The number of carboxylic acid groups (broad SMARTS) is 2. The van der Waals surface area contributed by atoms with Crippen LogP contribution in [0.3, 0.4) is 0 Å². The lowest BCUT2D eigenvalue weighted by Crippen LogP contribution is -2.47. The van der Waals surface area contributed by atoms with Gasteiger partial charge in [-0.05, 0) is 27.7 Å². The fourth-order valence-corrected chi connectivity index (χ4v) is 1.34. The van der Waals surface area contributed by atoms with Crippen molar-refractivity contribution in [1.82, 2.24) is 0 Å². The maximum absolute atomic E-state index is 8.44. The first-order valence-corrected chi connectivity index (χ1v) is 4.73. The molecule has 5 heteroatoms. The zero-order valence-electron chi connectivity index (χ0n) is 9.54. The molecule has 0 saturated carbocycles. The van der Waals surface area contributed by atoms with Crippen LogP contribution < -0.4 is 5.11 Å². The molecule has 0 bridgehead atoms. The highest BCUT2D eigenvalue weighted by molar-refractivity contribution is 5.50. The third-order valence-electron chi connectivity index (χ3n) is 2.68. The summed E-state index contributed by atoms with van der Waals surface area (Å²) >= 11 is 0. The van der Waals surface area contributed by atoms with E-state index < -0.39 is 6.16 Å². The number of rotatable bonds is 4. The first-order chi connectivity index (χ1) is 5.97. The van der Waals surface area contributed by atoms with Crippen molar-refractivity contribution in [3.63, 3.8) is 0 Å².